The van der Waals surface area contributed by atoms with Crippen LogP contribution in [0, 0.1) is 0 Å². The Labute approximate surface area is 182 Å². The number of sulfone groups is 1. The van der Waals surface area contributed by atoms with E-state index in [9.17, 15) is 13.2 Å². The van der Waals surface area contributed by atoms with Gasteiger partial charge in [-0.05, 0) is 55.3 Å². The summed E-state index contributed by atoms with van der Waals surface area (Å²) in [5.41, 5.74) is 1.80. The van der Waals surface area contributed by atoms with E-state index in [0.717, 1.165) is 18.4 Å². The second kappa shape index (κ2) is 9.31. The smallest absolute Gasteiger partial charge is 0.255 e. The molecule has 1 heterocycles. The van der Waals surface area contributed by atoms with E-state index < -0.39 is 9.84 Å². The number of rotatable bonds is 7. The lowest BCUT2D eigenvalue weighted by Crippen LogP contribution is -2.18. The van der Waals surface area contributed by atoms with E-state index in [1.165, 1.54) is 6.07 Å². The Morgan fingerprint density at radius 3 is 2.61 bits per heavy atom. The molecule has 2 aromatic carbocycles. The summed E-state index contributed by atoms with van der Waals surface area (Å²) in [6, 6.07) is 17.1. The first-order valence-corrected chi connectivity index (χ1v) is 11.8. The third-order valence-corrected chi connectivity index (χ3v) is 7.65. The topological polar surface area (TPSA) is 85.4 Å². The van der Waals surface area contributed by atoms with E-state index in [2.05, 4.69) is 10.3 Å². The van der Waals surface area contributed by atoms with Gasteiger partial charge in [-0.2, -0.15) is 0 Å². The van der Waals surface area contributed by atoms with Crippen LogP contribution in [0.4, 0.5) is 5.69 Å². The van der Waals surface area contributed by atoms with Crippen molar-refractivity contribution in [3.05, 3.63) is 84.2 Å². The predicted octanol–water partition coefficient (Wildman–Crippen LogP) is 4.63. The molecule has 0 aliphatic heterocycles. The summed E-state index contributed by atoms with van der Waals surface area (Å²) < 4.78 is 31.4. The van der Waals surface area contributed by atoms with Gasteiger partial charge in [0, 0.05) is 29.2 Å². The van der Waals surface area contributed by atoms with Gasteiger partial charge in [0.2, 0.25) is 0 Å². The SMILES string of the molecule is O=C(Nc1cccc(S(=O)(=O)C2CCCC2)c1)c1cccc(OCc2cccnc2)c1. The van der Waals surface area contributed by atoms with Crippen LogP contribution in [0.2, 0.25) is 0 Å². The van der Waals surface area contributed by atoms with Crippen LogP contribution in [0.3, 0.4) is 0 Å². The molecule has 3 aromatic rings. The van der Waals surface area contributed by atoms with Crippen LogP contribution in [-0.4, -0.2) is 24.6 Å². The first-order chi connectivity index (χ1) is 15.0. The molecule has 160 valence electrons. The van der Waals surface area contributed by atoms with Gasteiger partial charge >= 0.3 is 0 Å². The number of carbonyl (C=O) groups excluding carboxylic acids is 1. The first-order valence-electron chi connectivity index (χ1n) is 10.3. The van der Waals surface area contributed by atoms with Gasteiger partial charge in [0.05, 0.1) is 10.1 Å². The van der Waals surface area contributed by atoms with Gasteiger partial charge in [0.15, 0.2) is 9.84 Å². The summed E-state index contributed by atoms with van der Waals surface area (Å²) in [6.45, 7) is 0.347. The minimum atomic E-state index is -3.38. The van der Waals surface area contributed by atoms with Gasteiger partial charge in [-0.15, -0.1) is 0 Å². The quantitative estimate of drug-likeness (QED) is 0.584. The molecule has 7 heteroatoms. The summed E-state index contributed by atoms with van der Waals surface area (Å²) in [5, 5.41) is 2.47. The summed E-state index contributed by atoms with van der Waals surface area (Å²) in [6.07, 6.45) is 6.71. The maximum atomic E-state index is 12.8. The van der Waals surface area contributed by atoms with Crippen molar-refractivity contribution in [1.29, 1.82) is 0 Å². The molecule has 31 heavy (non-hydrogen) atoms. The fourth-order valence-corrected chi connectivity index (χ4v) is 5.62. The molecule has 1 fully saturated rings. The van der Waals surface area contributed by atoms with Crippen molar-refractivity contribution in [3.8, 4) is 5.75 Å². The lowest BCUT2D eigenvalue weighted by atomic mass is 10.2. The highest BCUT2D eigenvalue weighted by molar-refractivity contribution is 7.92. The number of hydrogen-bond acceptors (Lipinski definition) is 5. The minimum absolute atomic E-state index is 0.255. The fourth-order valence-electron chi connectivity index (χ4n) is 3.72. The molecule has 1 aliphatic carbocycles. The zero-order valence-corrected chi connectivity index (χ0v) is 17.8. The average molecular weight is 437 g/mol. The Hall–Kier alpha value is -3.19. The maximum absolute atomic E-state index is 12.8. The van der Waals surface area contributed by atoms with Crippen molar-refractivity contribution in [3.63, 3.8) is 0 Å². The number of nitrogens with one attached hydrogen (secondary N) is 1. The van der Waals surface area contributed by atoms with Crippen LogP contribution in [0.25, 0.3) is 0 Å². The third-order valence-electron chi connectivity index (χ3n) is 5.39. The van der Waals surface area contributed by atoms with Gasteiger partial charge in [-0.3, -0.25) is 9.78 Å². The monoisotopic (exact) mass is 436 g/mol. The van der Waals surface area contributed by atoms with Gasteiger partial charge in [0.1, 0.15) is 12.4 Å². The van der Waals surface area contributed by atoms with Gasteiger partial charge in [-0.25, -0.2) is 8.42 Å². The van der Waals surface area contributed by atoms with E-state index in [1.807, 2.05) is 12.1 Å². The molecular weight excluding hydrogens is 412 g/mol. The van der Waals surface area contributed by atoms with E-state index in [1.54, 1.807) is 54.9 Å². The van der Waals surface area contributed by atoms with Gasteiger partial charge in [0.25, 0.3) is 5.91 Å². The summed E-state index contributed by atoms with van der Waals surface area (Å²) >= 11 is 0. The van der Waals surface area contributed by atoms with Crippen LogP contribution in [0.1, 0.15) is 41.6 Å². The molecule has 0 radical (unpaired) electrons. The molecule has 1 aromatic heterocycles. The largest absolute Gasteiger partial charge is 0.489 e. The second-order valence-corrected chi connectivity index (χ2v) is 9.84. The number of nitrogens with zero attached hydrogens (tertiary/aromatic N) is 1. The molecular formula is C24H24N2O4S. The molecule has 1 N–H and O–H groups in total. The van der Waals surface area contributed by atoms with Crippen LogP contribution in [0.15, 0.2) is 78.0 Å². The van der Waals surface area contributed by atoms with E-state index >= 15 is 0 Å². The number of benzene rings is 2. The normalized spacial score (nSPS) is 14.3. The first kappa shape index (κ1) is 21.1. The molecule has 1 amide bonds. The van der Waals surface area contributed by atoms with Crippen molar-refractivity contribution in [2.45, 2.75) is 42.4 Å². The number of aromatic nitrogens is 1. The third kappa shape index (κ3) is 5.11. The Morgan fingerprint density at radius 2 is 1.84 bits per heavy atom. The molecule has 0 saturated heterocycles. The maximum Gasteiger partial charge on any atom is 0.255 e. The van der Waals surface area contributed by atoms with E-state index in [4.69, 9.17) is 4.74 Å². The standard InChI is InChI=1S/C24H24N2O4S/c27-24(19-7-3-9-21(14-19)30-17-18-6-5-13-25-16-18)26-20-8-4-12-23(15-20)31(28,29)22-10-1-2-11-22/h3-9,12-16,22H,1-2,10-11,17H2,(H,26,27). The van der Waals surface area contributed by atoms with E-state index in [-0.39, 0.29) is 16.1 Å². The highest BCUT2D eigenvalue weighted by atomic mass is 32.2. The molecule has 4 rings (SSSR count). The highest BCUT2D eigenvalue weighted by Gasteiger charge is 2.30. The number of amides is 1. The predicted molar refractivity (Wildman–Crippen MR) is 119 cm³/mol. The van der Waals surface area contributed by atoms with Crippen molar-refractivity contribution in [1.82, 2.24) is 4.98 Å². The lowest BCUT2D eigenvalue weighted by Gasteiger charge is -2.13. The van der Waals surface area contributed by atoms with Gasteiger partial charge < -0.3 is 10.1 Å². The number of hydrogen-bond donors (Lipinski definition) is 1. The van der Waals surface area contributed by atoms with Crippen molar-refractivity contribution >= 4 is 21.4 Å². The molecule has 0 atom stereocenters. The Balaban J connectivity index is 1.45. The second-order valence-electron chi connectivity index (χ2n) is 7.61. The molecule has 6 nitrogen and oxygen atoms in total. The molecule has 0 bridgehead atoms. The number of carbonyl (C=O) groups is 1. The van der Waals surface area contributed by atoms with Crippen LogP contribution < -0.4 is 10.1 Å². The summed E-state index contributed by atoms with van der Waals surface area (Å²) in [5.74, 6) is 0.233. The zero-order chi connectivity index (χ0) is 21.7. The summed E-state index contributed by atoms with van der Waals surface area (Å²) in [7, 11) is -3.38. The Morgan fingerprint density at radius 1 is 1.03 bits per heavy atom. The molecule has 1 aliphatic rings. The Bertz CT molecular complexity index is 1160. The van der Waals surface area contributed by atoms with Crippen molar-refractivity contribution in [2.24, 2.45) is 0 Å². The van der Waals surface area contributed by atoms with Crippen molar-refractivity contribution in [2.75, 3.05) is 5.32 Å². The Kier molecular flexibility index (Phi) is 6.32. The minimum Gasteiger partial charge on any atom is -0.489 e. The van der Waals surface area contributed by atoms with Crippen molar-refractivity contribution < 1.29 is 17.9 Å². The molecule has 0 unspecified atom stereocenters. The van der Waals surface area contributed by atoms with Crippen LogP contribution >= 0.6 is 0 Å². The van der Waals surface area contributed by atoms with E-state index in [0.29, 0.717) is 36.4 Å². The number of pyridine rings is 1. The van der Waals surface area contributed by atoms with Crippen LogP contribution in [-0.2, 0) is 16.4 Å². The molecule has 0 spiro atoms. The molecule has 1 saturated carbocycles. The number of ether oxygens (including phenoxy) is 1. The zero-order valence-electron chi connectivity index (χ0n) is 17.0. The lowest BCUT2D eigenvalue weighted by molar-refractivity contribution is 0.102. The average Bonchev–Trinajstić information content (AvgIpc) is 3.35. The fraction of sp³-hybridized carbons (Fsp3) is 0.250. The van der Waals surface area contributed by atoms with Gasteiger partial charge in [-0.1, -0.05) is 31.0 Å². The number of anilines is 1. The van der Waals surface area contributed by atoms with Crippen LogP contribution in [0.5, 0.6) is 5.75 Å². The summed E-state index contributed by atoms with van der Waals surface area (Å²) in [4.78, 5) is 17.0. The highest BCUT2D eigenvalue weighted by Crippen LogP contribution is 2.30.